The van der Waals surface area contributed by atoms with Crippen molar-refractivity contribution in [2.24, 2.45) is 0 Å². The van der Waals surface area contributed by atoms with E-state index in [9.17, 15) is 14.0 Å². The Kier molecular flexibility index (Phi) is 5.50. The van der Waals surface area contributed by atoms with Crippen molar-refractivity contribution in [2.75, 3.05) is 44.0 Å². The number of nitrogens with zero attached hydrogens (tertiary/aromatic N) is 6. The predicted molar refractivity (Wildman–Crippen MR) is 133 cm³/mol. The number of urea groups is 1. The predicted octanol–water partition coefficient (Wildman–Crippen LogP) is 3.06. The number of hydrogen-bond donors (Lipinski definition) is 1. The van der Waals surface area contributed by atoms with Gasteiger partial charge in [-0.1, -0.05) is 12.1 Å². The minimum atomic E-state index is -0.286. The summed E-state index contributed by atoms with van der Waals surface area (Å²) in [5, 5.41) is 0. The van der Waals surface area contributed by atoms with E-state index in [1.165, 1.54) is 16.5 Å². The second kappa shape index (κ2) is 8.53. The van der Waals surface area contributed by atoms with Crippen LogP contribution in [0.4, 0.5) is 20.6 Å². The lowest BCUT2D eigenvalue weighted by molar-refractivity contribution is 0.229. The van der Waals surface area contributed by atoms with Crippen molar-refractivity contribution < 1.29 is 9.18 Å². The third-order valence-electron chi connectivity index (χ3n) is 6.30. The van der Waals surface area contributed by atoms with Crippen molar-refractivity contribution in [3.8, 4) is 11.5 Å². The zero-order valence-electron chi connectivity index (χ0n) is 20.0. The number of imidazole rings is 1. The van der Waals surface area contributed by atoms with E-state index >= 15 is 0 Å². The van der Waals surface area contributed by atoms with Crippen LogP contribution in [0.15, 0.2) is 47.5 Å². The maximum Gasteiger partial charge on any atom is 0.324 e. The molecule has 10 heteroatoms. The maximum atomic E-state index is 13.5. The molecule has 4 aromatic rings. The van der Waals surface area contributed by atoms with Crippen LogP contribution in [-0.4, -0.2) is 64.5 Å². The van der Waals surface area contributed by atoms with Gasteiger partial charge in [0.15, 0.2) is 11.5 Å². The first-order valence-electron chi connectivity index (χ1n) is 11.3. The standard InChI is InChI=1S/C25H26FN7O2/c1-15-21(22-27-13-18(28-22)11-16-5-7-17(26)8-6-16)29-23-20(32-10-9-31(4)25(32)35)12-19(30(2)3)14-33(23)24(15)34/h5-8,12-14H,9-11H2,1-4H3,(H,27,28). The highest BCUT2D eigenvalue weighted by molar-refractivity contribution is 5.98. The van der Waals surface area contributed by atoms with Gasteiger partial charge in [-0.2, -0.15) is 0 Å². The summed E-state index contributed by atoms with van der Waals surface area (Å²) < 4.78 is 14.7. The molecule has 1 N–H and O–H groups in total. The van der Waals surface area contributed by atoms with Gasteiger partial charge in [0.1, 0.15) is 11.5 Å². The first-order valence-corrected chi connectivity index (χ1v) is 11.3. The molecule has 35 heavy (non-hydrogen) atoms. The molecule has 1 fully saturated rings. The average molecular weight is 476 g/mol. The van der Waals surface area contributed by atoms with E-state index < -0.39 is 0 Å². The molecule has 2 amide bonds. The summed E-state index contributed by atoms with van der Waals surface area (Å²) >= 11 is 0. The molecule has 0 spiro atoms. The largest absolute Gasteiger partial charge is 0.376 e. The van der Waals surface area contributed by atoms with E-state index in [0.29, 0.717) is 47.9 Å². The van der Waals surface area contributed by atoms with E-state index in [2.05, 4.69) is 9.97 Å². The Bertz CT molecular complexity index is 1490. The van der Waals surface area contributed by atoms with Crippen LogP contribution in [0.2, 0.25) is 0 Å². The Hall–Kier alpha value is -4.21. The number of hydrogen-bond acceptors (Lipinski definition) is 5. The highest BCUT2D eigenvalue weighted by Gasteiger charge is 2.30. The Balaban J connectivity index is 1.63. The smallest absolute Gasteiger partial charge is 0.324 e. The summed E-state index contributed by atoms with van der Waals surface area (Å²) in [6.07, 6.45) is 3.96. The molecule has 1 aromatic carbocycles. The van der Waals surface area contributed by atoms with E-state index in [1.54, 1.807) is 48.3 Å². The van der Waals surface area contributed by atoms with Gasteiger partial charge >= 0.3 is 6.03 Å². The average Bonchev–Trinajstić information content (AvgIpc) is 3.43. The molecule has 1 aliphatic heterocycles. The van der Waals surface area contributed by atoms with Crippen molar-refractivity contribution in [1.82, 2.24) is 24.3 Å². The number of amides is 2. The Morgan fingerprint density at radius 1 is 1.14 bits per heavy atom. The summed E-state index contributed by atoms with van der Waals surface area (Å²) in [7, 11) is 5.52. The topological polar surface area (TPSA) is 89.8 Å². The molecule has 5 rings (SSSR count). The van der Waals surface area contributed by atoms with Gasteiger partial charge < -0.3 is 14.8 Å². The molecule has 3 aromatic heterocycles. The summed E-state index contributed by atoms with van der Waals surface area (Å²) in [4.78, 5) is 44.0. The minimum Gasteiger partial charge on any atom is -0.376 e. The van der Waals surface area contributed by atoms with E-state index in [1.807, 2.05) is 25.1 Å². The Morgan fingerprint density at radius 3 is 2.54 bits per heavy atom. The molecular weight excluding hydrogens is 449 g/mol. The van der Waals surface area contributed by atoms with Crippen molar-refractivity contribution in [3.05, 3.63) is 75.7 Å². The summed E-state index contributed by atoms with van der Waals surface area (Å²) in [5.74, 6) is 0.179. The molecule has 0 aliphatic carbocycles. The normalized spacial score (nSPS) is 13.8. The van der Waals surface area contributed by atoms with Gasteiger partial charge in [-0.05, 0) is 30.7 Å². The van der Waals surface area contributed by atoms with Crippen LogP contribution >= 0.6 is 0 Å². The number of halogens is 1. The van der Waals surface area contributed by atoms with Gasteiger partial charge in [0.25, 0.3) is 5.56 Å². The number of benzene rings is 1. The van der Waals surface area contributed by atoms with Crippen LogP contribution < -0.4 is 15.4 Å². The van der Waals surface area contributed by atoms with Crippen LogP contribution in [0.5, 0.6) is 0 Å². The number of carbonyl (C=O) groups excluding carboxylic acids is 1. The number of carbonyl (C=O) groups is 1. The highest BCUT2D eigenvalue weighted by Crippen LogP contribution is 2.30. The number of fused-ring (bicyclic) bond motifs is 1. The van der Waals surface area contributed by atoms with Gasteiger partial charge in [-0.25, -0.2) is 19.2 Å². The Morgan fingerprint density at radius 2 is 1.89 bits per heavy atom. The molecule has 0 unspecified atom stereocenters. The van der Waals surface area contributed by atoms with Crippen molar-refractivity contribution >= 4 is 23.1 Å². The maximum absolute atomic E-state index is 13.5. The number of aromatic amines is 1. The van der Waals surface area contributed by atoms with Crippen molar-refractivity contribution in [1.29, 1.82) is 0 Å². The lowest BCUT2D eigenvalue weighted by Gasteiger charge is -2.22. The van der Waals surface area contributed by atoms with E-state index in [-0.39, 0.29) is 17.4 Å². The number of aromatic nitrogens is 4. The highest BCUT2D eigenvalue weighted by atomic mass is 19.1. The zero-order chi connectivity index (χ0) is 24.9. The molecule has 0 bridgehead atoms. The van der Waals surface area contributed by atoms with Crippen LogP contribution in [0, 0.1) is 12.7 Å². The minimum absolute atomic E-state index is 0.140. The van der Waals surface area contributed by atoms with Crippen molar-refractivity contribution in [3.63, 3.8) is 0 Å². The zero-order valence-corrected chi connectivity index (χ0v) is 20.0. The monoisotopic (exact) mass is 475 g/mol. The first kappa shape index (κ1) is 22.6. The number of pyridine rings is 1. The van der Waals surface area contributed by atoms with E-state index in [0.717, 1.165) is 16.9 Å². The summed E-state index contributed by atoms with van der Waals surface area (Å²) in [6.45, 7) is 2.81. The van der Waals surface area contributed by atoms with Crippen molar-refractivity contribution in [2.45, 2.75) is 13.3 Å². The SMILES string of the molecule is Cc1c(-c2ncc(Cc3ccc(F)cc3)[nH]2)nc2c(N3CCN(C)C3=O)cc(N(C)C)cn2c1=O. The number of nitrogens with one attached hydrogen (secondary N) is 1. The van der Waals surface area contributed by atoms with Gasteiger partial charge in [0.05, 0.1) is 11.4 Å². The van der Waals surface area contributed by atoms with E-state index in [4.69, 9.17) is 4.98 Å². The number of anilines is 2. The lowest BCUT2D eigenvalue weighted by atomic mass is 10.1. The molecule has 0 saturated carbocycles. The molecule has 180 valence electrons. The molecule has 0 radical (unpaired) electrons. The summed E-state index contributed by atoms with van der Waals surface area (Å²) in [6, 6.07) is 8.02. The molecular formula is C25H26FN7O2. The fraction of sp³-hybridized carbons (Fsp3) is 0.280. The number of rotatable bonds is 5. The second-order valence-corrected chi connectivity index (χ2v) is 8.98. The summed E-state index contributed by atoms with van der Waals surface area (Å²) in [5.41, 5.74) is 4.13. The van der Waals surface area contributed by atoms with Gasteiger partial charge in [0.2, 0.25) is 0 Å². The first-order chi connectivity index (χ1) is 16.7. The van der Waals surface area contributed by atoms with Crippen LogP contribution in [-0.2, 0) is 6.42 Å². The molecule has 1 saturated heterocycles. The Labute approximate surface area is 201 Å². The van der Waals surface area contributed by atoms with Crippen LogP contribution in [0.3, 0.4) is 0 Å². The van der Waals surface area contributed by atoms with Crippen LogP contribution in [0.1, 0.15) is 16.8 Å². The van der Waals surface area contributed by atoms with Gasteiger partial charge in [0, 0.05) is 64.3 Å². The molecule has 1 aliphatic rings. The number of H-pyrrole nitrogens is 1. The second-order valence-electron chi connectivity index (χ2n) is 8.98. The third-order valence-corrected chi connectivity index (χ3v) is 6.30. The lowest BCUT2D eigenvalue weighted by Crippen LogP contribution is -2.31. The molecule has 9 nitrogen and oxygen atoms in total. The van der Waals surface area contributed by atoms with Gasteiger partial charge in [-0.15, -0.1) is 0 Å². The molecule has 4 heterocycles. The third kappa shape index (κ3) is 4.01. The fourth-order valence-electron chi connectivity index (χ4n) is 4.23. The quantitative estimate of drug-likeness (QED) is 0.479. The van der Waals surface area contributed by atoms with Crippen LogP contribution in [0.25, 0.3) is 17.2 Å². The molecule has 0 atom stereocenters. The van der Waals surface area contributed by atoms with Gasteiger partial charge in [-0.3, -0.25) is 14.1 Å². The fourth-order valence-corrected chi connectivity index (χ4v) is 4.23. The number of likely N-dealkylation sites (N-methyl/N-ethyl adjacent to an activating group) is 1.